The van der Waals surface area contributed by atoms with Gasteiger partial charge in [0, 0.05) is 37.1 Å². The van der Waals surface area contributed by atoms with Gasteiger partial charge in [-0.1, -0.05) is 6.07 Å². The van der Waals surface area contributed by atoms with Crippen LogP contribution in [0.5, 0.6) is 5.75 Å². The maximum absolute atomic E-state index is 9.32. The molecule has 0 unspecified atom stereocenters. The van der Waals surface area contributed by atoms with Crippen LogP contribution >= 0.6 is 0 Å². The Hall–Kier alpha value is -1.85. The smallest absolute Gasteiger partial charge is 0.126 e. The number of methoxy groups -OCH3 is 1. The van der Waals surface area contributed by atoms with Crippen LogP contribution in [0.3, 0.4) is 0 Å². The van der Waals surface area contributed by atoms with Gasteiger partial charge in [-0.15, -0.1) is 0 Å². The predicted molar refractivity (Wildman–Crippen MR) is 83.7 cm³/mol. The molecule has 0 aliphatic carbocycles. The van der Waals surface area contributed by atoms with Crippen molar-refractivity contribution < 1.29 is 14.6 Å². The van der Waals surface area contributed by atoms with Gasteiger partial charge in [-0.3, -0.25) is 4.68 Å². The molecule has 5 heteroatoms. The molecule has 0 saturated carbocycles. The highest BCUT2D eigenvalue weighted by molar-refractivity contribution is 5.70. The number of hydrogen-bond donors (Lipinski definition) is 1. The first-order chi connectivity index (χ1) is 10.8. The van der Waals surface area contributed by atoms with Crippen LogP contribution in [0.25, 0.3) is 11.1 Å². The number of benzene rings is 1. The summed E-state index contributed by atoms with van der Waals surface area (Å²) in [5, 5.41) is 13.8. The molecule has 1 aliphatic heterocycles. The Kier molecular flexibility index (Phi) is 4.75. The third-order valence-corrected chi connectivity index (χ3v) is 4.18. The molecular formula is C17H22N2O3. The van der Waals surface area contributed by atoms with Gasteiger partial charge < -0.3 is 14.6 Å². The highest BCUT2D eigenvalue weighted by Crippen LogP contribution is 2.31. The molecule has 1 aromatic carbocycles. The predicted octanol–water partition coefficient (Wildman–Crippen LogP) is 2.48. The summed E-state index contributed by atoms with van der Waals surface area (Å²) in [6.07, 6.45) is 6.10. The van der Waals surface area contributed by atoms with E-state index in [9.17, 15) is 5.11 Å². The maximum atomic E-state index is 9.32. The largest absolute Gasteiger partial charge is 0.496 e. The number of ether oxygens (including phenoxy) is 2. The second-order valence-corrected chi connectivity index (χ2v) is 5.70. The molecule has 0 spiro atoms. The number of aliphatic hydroxyl groups is 1. The molecule has 2 heterocycles. The van der Waals surface area contributed by atoms with Crippen LogP contribution in [0, 0.1) is 5.92 Å². The summed E-state index contributed by atoms with van der Waals surface area (Å²) >= 11 is 0. The van der Waals surface area contributed by atoms with Crippen molar-refractivity contribution in [2.45, 2.75) is 26.0 Å². The third-order valence-electron chi connectivity index (χ3n) is 4.18. The highest BCUT2D eigenvalue weighted by Gasteiger charge is 2.16. The number of nitrogens with zero attached hydrogens (tertiary/aromatic N) is 2. The van der Waals surface area contributed by atoms with Crippen molar-refractivity contribution in [3.63, 3.8) is 0 Å². The Morgan fingerprint density at radius 2 is 2.18 bits per heavy atom. The van der Waals surface area contributed by atoms with Crippen molar-refractivity contribution in [3.8, 4) is 16.9 Å². The quantitative estimate of drug-likeness (QED) is 0.922. The van der Waals surface area contributed by atoms with Gasteiger partial charge in [0.25, 0.3) is 0 Å². The third kappa shape index (κ3) is 3.31. The van der Waals surface area contributed by atoms with E-state index in [0.29, 0.717) is 5.92 Å². The van der Waals surface area contributed by atoms with Gasteiger partial charge in [-0.25, -0.2) is 0 Å². The van der Waals surface area contributed by atoms with Gasteiger partial charge in [-0.2, -0.15) is 5.10 Å². The number of aromatic nitrogens is 2. The Morgan fingerprint density at radius 1 is 1.36 bits per heavy atom. The van der Waals surface area contributed by atoms with Crippen molar-refractivity contribution >= 4 is 0 Å². The molecule has 2 aromatic rings. The molecule has 0 bridgehead atoms. The Labute approximate surface area is 130 Å². The first-order valence-corrected chi connectivity index (χ1v) is 7.68. The normalized spacial score (nSPS) is 15.9. The molecule has 0 radical (unpaired) electrons. The lowest BCUT2D eigenvalue weighted by atomic mass is 10.0. The van der Waals surface area contributed by atoms with Crippen LogP contribution in [-0.4, -0.2) is 35.2 Å². The van der Waals surface area contributed by atoms with E-state index in [2.05, 4.69) is 11.3 Å². The maximum Gasteiger partial charge on any atom is 0.126 e. The van der Waals surface area contributed by atoms with Gasteiger partial charge >= 0.3 is 0 Å². The molecular weight excluding hydrogens is 280 g/mol. The summed E-state index contributed by atoms with van der Waals surface area (Å²) in [7, 11) is 1.66. The average molecular weight is 302 g/mol. The Morgan fingerprint density at radius 3 is 2.91 bits per heavy atom. The topological polar surface area (TPSA) is 56.5 Å². The van der Waals surface area contributed by atoms with E-state index in [1.807, 2.05) is 29.1 Å². The summed E-state index contributed by atoms with van der Waals surface area (Å²) < 4.78 is 12.8. The molecule has 22 heavy (non-hydrogen) atoms. The lowest BCUT2D eigenvalue weighted by Gasteiger charge is -2.21. The number of aliphatic hydroxyl groups excluding tert-OH is 1. The van der Waals surface area contributed by atoms with Crippen molar-refractivity contribution in [2.75, 3.05) is 20.3 Å². The molecule has 1 N–H and O–H groups in total. The van der Waals surface area contributed by atoms with E-state index in [1.54, 1.807) is 7.11 Å². The molecule has 5 nitrogen and oxygen atoms in total. The Bertz CT molecular complexity index is 618. The molecule has 1 saturated heterocycles. The van der Waals surface area contributed by atoms with Crippen molar-refractivity contribution in [1.29, 1.82) is 0 Å². The monoisotopic (exact) mass is 302 g/mol. The summed E-state index contributed by atoms with van der Waals surface area (Å²) in [6.45, 7) is 2.65. The van der Waals surface area contributed by atoms with Gasteiger partial charge in [0.2, 0.25) is 0 Å². The van der Waals surface area contributed by atoms with Crippen LogP contribution in [0.2, 0.25) is 0 Å². The van der Waals surface area contributed by atoms with Gasteiger partial charge in [0.05, 0.1) is 19.9 Å². The molecule has 1 fully saturated rings. The van der Waals surface area contributed by atoms with Crippen molar-refractivity contribution in [2.24, 2.45) is 5.92 Å². The molecule has 3 rings (SSSR count). The lowest BCUT2D eigenvalue weighted by Crippen LogP contribution is -2.20. The first-order valence-electron chi connectivity index (χ1n) is 7.68. The fourth-order valence-electron chi connectivity index (χ4n) is 2.88. The lowest BCUT2D eigenvalue weighted by molar-refractivity contribution is 0.0601. The summed E-state index contributed by atoms with van der Waals surface area (Å²) in [4.78, 5) is 0. The van der Waals surface area contributed by atoms with Crippen LogP contribution in [0.15, 0.2) is 30.6 Å². The number of rotatable bonds is 5. The zero-order valence-electron chi connectivity index (χ0n) is 12.9. The second-order valence-electron chi connectivity index (χ2n) is 5.70. The van der Waals surface area contributed by atoms with E-state index in [1.165, 1.54) is 0 Å². The van der Waals surface area contributed by atoms with E-state index >= 15 is 0 Å². The second kappa shape index (κ2) is 6.94. The zero-order valence-corrected chi connectivity index (χ0v) is 12.9. The fraction of sp³-hybridized carbons (Fsp3) is 0.471. The highest BCUT2D eigenvalue weighted by atomic mass is 16.5. The van der Waals surface area contributed by atoms with Crippen molar-refractivity contribution in [3.05, 3.63) is 36.2 Å². The zero-order chi connectivity index (χ0) is 15.4. The van der Waals surface area contributed by atoms with Gasteiger partial charge in [0.15, 0.2) is 0 Å². The van der Waals surface area contributed by atoms with Crippen LogP contribution in [-0.2, 0) is 17.9 Å². The SMILES string of the molecule is COc1ccc(CO)cc1-c1cnn(CC2CCOCC2)c1. The van der Waals surface area contributed by atoms with Crippen LogP contribution < -0.4 is 4.74 Å². The first kappa shape index (κ1) is 15.1. The van der Waals surface area contributed by atoms with Crippen molar-refractivity contribution in [1.82, 2.24) is 9.78 Å². The summed E-state index contributed by atoms with van der Waals surface area (Å²) in [5.41, 5.74) is 2.85. The molecule has 0 amide bonds. The molecule has 1 aromatic heterocycles. The molecule has 1 aliphatic rings. The van der Waals surface area contributed by atoms with Crippen LogP contribution in [0.1, 0.15) is 18.4 Å². The van der Waals surface area contributed by atoms with E-state index in [-0.39, 0.29) is 6.61 Å². The minimum atomic E-state index is 0.0210. The standard InChI is InChI=1S/C17H22N2O3/c1-21-17-3-2-14(12-20)8-16(17)15-9-18-19(11-15)10-13-4-6-22-7-5-13/h2-3,8-9,11,13,20H,4-7,10,12H2,1H3. The van der Waals surface area contributed by atoms with E-state index < -0.39 is 0 Å². The minimum Gasteiger partial charge on any atom is -0.496 e. The Balaban J connectivity index is 1.80. The molecule has 0 atom stereocenters. The minimum absolute atomic E-state index is 0.0210. The summed E-state index contributed by atoms with van der Waals surface area (Å²) in [5.74, 6) is 1.43. The van der Waals surface area contributed by atoms with Gasteiger partial charge in [-0.05, 0) is 36.5 Å². The average Bonchev–Trinajstić information content (AvgIpc) is 3.03. The van der Waals surface area contributed by atoms with Gasteiger partial charge in [0.1, 0.15) is 5.75 Å². The van der Waals surface area contributed by atoms with Crippen LogP contribution in [0.4, 0.5) is 0 Å². The van der Waals surface area contributed by atoms with E-state index in [0.717, 1.165) is 55.0 Å². The summed E-state index contributed by atoms with van der Waals surface area (Å²) in [6, 6.07) is 5.71. The van der Waals surface area contributed by atoms with E-state index in [4.69, 9.17) is 9.47 Å². The number of hydrogen-bond acceptors (Lipinski definition) is 4. The fourth-order valence-corrected chi connectivity index (χ4v) is 2.88. The molecule has 118 valence electrons.